The predicted octanol–water partition coefficient (Wildman–Crippen LogP) is 4.43. The predicted molar refractivity (Wildman–Crippen MR) is 145 cm³/mol. The van der Waals surface area contributed by atoms with Gasteiger partial charge in [-0.3, -0.25) is 4.79 Å². The van der Waals surface area contributed by atoms with E-state index in [9.17, 15) is 9.90 Å². The van der Waals surface area contributed by atoms with Gasteiger partial charge in [-0.15, -0.1) is 0 Å². The minimum absolute atomic E-state index is 0.0811. The number of aromatic nitrogens is 2. The van der Waals surface area contributed by atoms with E-state index in [-0.39, 0.29) is 18.1 Å². The molecule has 0 atom stereocenters. The Balaban J connectivity index is 1.31. The summed E-state index contributed by atoms with van der Waals surface area (Å²) < 4.78 is 0. The quantitative estimate of drug-likeness (QED) is 0.334. The normalized spacial score (nSPS) is 24.4. The lowest BCUT2D eigenvalue weighted by Gasteiger charge is -2.35. The van der Waals surface area contributed by atoms with Crippen LogP contribution in [0.25, 0.3) is 0 Å². The van der Waals surface area contributed by atoms with Gasteiger partial charge in [0.2, 0.25) is 5.95 Å². The Morgan fingerprint density at radius 1 is 1.00 bits per heavy atom. The molecule has 1 aliphatic heterocycles. The molecule has 3 aliphatic rings. The van der Waals surface area contributed by atoms with Crippen LogP contribution in [-0.4, -0.2) is 70.8 Å². The number of amides is 1. The van der Waals surface area contributed by atoms with Gasteiger partial charge in [0.05, 0.1) is 6.10 Å². The minimum atomic E-state index is -0.162. The summed E-state index contributed by atoms with van der Waals surface area (Å²) in [4.78, 5) is 25.0. The first-order valence-electron chi connectivity index (χ1n) is 14.7. The maximum atomic E-state index is 13.3. The first-order chi connectivity index (χ1) is 17.6. The molecule has 0 radical (unpaired) electrons. The van der Waals surface area contributed by atoms with Crippen LogP contribution in [-0.2, 0) is 0 Å². The van der Waals surface area contributed by atoms with Crippen LogP contribution in [0.3, 0.4) is 0 Å². The van der Waals surface area contributed by atoms with Gasteiger partial charge in [0.15, 0.2) is 0 Å². The van der Waals surface area contributed by atoms with E-state index in [1.807, 2.05) is 0 Å². The number of hydrogen-bond donors (Lipinski definition) is 4. The largest absolute Gasteiger partial charge is 0.393 e. The Hall–Kier alpha value is -1.93. The molecular formula is C28H48N6O2. The zero-order valence-electron chi connectivity index (χ0n) is 22.3. The smallest absolute Gasteiger partial charge is 0.256 e. The van der Waals surface area contributed by atoms with Crippen molar-refractivity contribution in [2.24, 2.45) is 11.8 Å². The summed E-state index contributed by atoms with van der Waals surface area (Å²) in [5, 5.41) is 19.8. The summed E-state index contributed by atoms with van der Waals surface area (Å²) in [6, 6.07) is 0.204. The lowest BCUT2D eigenvalue weighted by atomic mass is 9.87. The highest BCUT2D eigenvalue weighted by molar-refractivity contribution is 5.98. The van der Waals surface area contributed by atoms with E-state index in [0.29, 0.717) is 23.2 Å². The Labute approximate surface area is 217 Å². The molecule has 202 valence electrons. The molecule has 1 amide bonds. The van der Waals surface area contributed by atoms with Crippen molar-refractivity contribution in [2.45, 2.75) is 103 Å². The summed E-state index contributed by atoms with van der Waals surface area (Å²) in [5.41, 5.74) is 0.525. The van der Waals surface area contributed by atoms with Gasteiger partial charge in [-0.25, -0.2) is 4.98 Å². The number of unbranched alkanes of at least 4 members (excludes halogenated alkanes) is 1. The number of anilines is 2. The molecule has 0 bridgehead atoms. The number of rotatable bonds is 11. The fraction of sp³-hybridized carbons (Fsp3) is 0.821. The Kier molecular flexibility index (Phi) is 10.6. The fourth-order valence-corrected chi connectivity index (χ4v) is 5.99. The molecule has 8 heteroatoms. The number of likely N-dealkylation sites (tertiary alicyclic amines) is 1. The molecular weight excluding hydrogens is 452 g/mol. The molecule has 1 saturated heterocycles. The number of carbonyl (C=O) groups excluding carboxylic acids is 1. The SMILES string of the molecule is CCCCNc1ncc(C(=O)NC2CCN(CC3CCCCC3)CC2)c(NCC2CCC(O)CC2)n1. The van der Waals surface area contributed by atoms with Crippen molar-refractivity contribution in [1.29, 1.82) is 0 Å². The van der Waals surface area contributed by atoms with Crippen LogP contribution in [0.5, 0.6) is 0 Å². The first-order valence-corrected chi connectivity index (χ1v) is 14.7. The van der Waals surface area contributed by atoms with Crippen molar-refractivity contribution in [2.75, 3.05) is 43.4 Å². The van der Waals surface area contributed by atoms with E-state index in [1.54, 1.807) is 6.20 Å². The monoisotopic (exact) mass is 500 g/mol. The highest BCUT2D eigenvalue weighted by Gasteiger charge is 2.26. The number of carbonyl (C=O) groups is 1. The molecule has 0 spiro atoms. The van der Waals surface area contributed by atoms with Crippen molar-refractivity contribution < 1.29 is 9.90 Å². The molecule has 0 unspecified atom stereocenters. The van der Waals surface area contributed by atoms with E-state index >= 15 is 0 Å². The van der Waals surface area contributed by atoms with E-state index in [2.05, 4.69) is 37.7 Å². The van der Waals surface area contributed by atoms with Gasteiger partial charge >= 0.3 is 0 Å². The molecule has 4 N–H and O–H groups in total. The highest BCUT2D eigenvalue weighted by atomic mass is 16.3. The highest BCUT2D eigenvalue weighted by Crippen LogP contribution is 2.27. The van der Waals surface area contributed by atoms with Gasteiger partial charge in [0.1, 0.15) is 11.4 Å². The molecule has 1 aromatic heterocycles. The van der Waals surface area contributed by atoms with Crippen molar-refractivity contribution in [1.82, 2.24) is 20.2 Å². The van der Waals surface area contributed by atoms with Crippen LogP contribution < -0.4 is 16.0 Å². The number of nitrogens with zero attached hydrogens (tertiary/aromatic N) is 3. The van der Waals surface area contributed by atoms with Crippen LogP contribution >= 0.6 is 0 Å². The number of aliphatic hydroxyl groups excluding tert-OH is 1. The Morgan fingerprint density at radius 2 is 1.75 bits per heavy atom. The van der Waals surface area contributed by atoms with Crippen LogP contribution in [0.15, 0.2) is 6.20 Å². The second-order valence-corrected chi connectivity index (χ2v) is 11.3. The lowest BCUT2D eigenvalue weighted by molar-refractivity contribution is 0.0901. The van der Waals surface area contributed by atoms with Crippen molar-refractivity contribution >= 4 is 17.7 Å². The molecule has 0 aromatic carbocycles. The van der Waals surface area contributed by atoms with Crippen LogP contribution in [0.4, 0.5) is 11.8 Å². The maximum Gasteiger partial charge on any atom is 0.256 e. The van der Waals surface area contributed by atoms with Crippen molar-refractivity contribution in [3.8, 4) is 0 Å². The summed E-state index contributed by atoms with van der Waals surface area (Å²) in [7, 11) is 0. The first kappa shape index (κ1) is 27.1. The van der Waals surface area contributed by atoms with Gasteiger partial charge in [-0.1, -0.05) is 32.6 Å². The van der Waals surface area contributed by atoms with Gasteiger partial charge < -0.3 is 26.0 Å². The van der Waals surface area contributed by atoms with Crippen molar-refractivity contribution in [3.63, 3.8) is 0 Å². The van der Waals surface area contributed by atoms with E-state index in [0.717, 1.165) is 83.5 Å². The average molecular weight is 501 g/mol. The molecule has 1 aromatic rings. The fourth-order valence-electron chi connectivity index (χ4n) is 5.99. The zero-order valence-corrected chi connectivity index (χ0v) is 22.3. The van der Waals surface area contributed by atoms with Gasteiger partial charge in [0, 0.05) is 45.0 Å². The second-order valence-electron chi connectivity index (χ2n) is 11.3. The van der Waals surface area contributed by atoms with Crippen LogP contribution in [0.2, 0.25) is 0 Å². The third kappa shape index (κ3) is 8.30. The summed E-state index contributed by atoms with van der Waals surface area (Å²) in [6.07, 6.45) is 16.3. The van der Waals surface area contributed by atoms with E-state index < -0.39 is 0 Å². The van der Waals surface area contributed by atoms with Gasteiger partial charge in [-0.05, 0) is 69.6 Å². The molecule has 36 heavy (non-hydrogen) atoms. The molecule has 2 saturated carbocycles. The van der Waals surface area contributed by atoms with E-state index in [1.165, 1.54) is 38.6 Å². The minimum Gasteiger partial charge on any atom is -0.393 e. The Morgan fingerprint density at radius 3 is 2.47 bits per heavy atom. The second kappa shape index (κ2) is 14.1. The summed E-state index contributed by atoms with van der Waals surface area (Å²) in [5.74, 6) is 2.46. The standard InChI is InChI=1S/C28H48N6O2/c1-2-3-15-29-28-31-19-25(26(33-28)30-18-21-9-11-24(35)12-10-21)27(36)32-23-13-16-34(17-14-23)20-22-7-5-4-6-8-22/h19,21-24,35H,2-18,20H2,1H3,(H,32,36)(H2,29,30,31,33). The van der Waals surface area contributed by atoms with Gasteiger partial charge in [0.25, 0.3) is 5.91 Å². The van der Waals surface area contributed by atoms with Crippen molar-refractivity contribution in [3.05, 3.63) is 11.8 Å². The third-order valence-corrected chi connectivity index (χ3v) is 8.39. The summed E-state index contributed by atoms with van der Waals surface area (Å²) >= 11 is 0. The van der Waals surface area contributed by atoms with Crippen LogP contribution in [0, 0.1) is 11.8 Å². The molecule has 2 aliphatic carbocycles. The molecule has 8 nitrogen and oxygen atoms in total. The number of nitrogens with one attached hydrogen (secondary N) is 3. The van der Waals surface area contributed by atoms with Gasteiger partial charge in [-0.2, -0.15) is 4.98 Å². The number of hydrogen-bond acceptors (Lipinski definition) is 7. The lowest BCUT2D eigenvalue weighted by Crippen LogP contribution is -2.46. The van der Waals surface area contributed by atoms with E-state index in [4.69, 9.17) is 0 Å². The zero-order chi connectivity index (χ0) is 25.2. The topological polar surface area (TPSA) is 102 Å². The molecule has 4 rings (SSSR count). The Bertz CT molecular complexity index is 799. The third-order valence-electron chi connectivity index (χ3n) is 8.39. The maximum absolute atomic E-state index is 13.3. The number of aliphatic hydroxyl groups is 1. The number of piperidine rings is 1. The van der Waals surface area contributed by atoms with Crippen LogP contribution in [0.1, 0.15) is 101 Å². The molecule has 3 fully saturated rings. The average Bonchev–Trinajstić information content (AvgIpc) is 2.90. The summed E-state index contributed by atoms with van der Waals surface area (Å²) in [6.45, 7) is 7.10. The molecule has 2 heterocycles.